The molecule has 0 atom stereocenters. The van der Waals surface area contributed by atoms with E-state index >= 15 is 0 Å². The summed E-state index contributed by atoms with van der Waals surface area (Å²) in [6, 6.07) is 7.05. The molecule has 5 nitrogen and oxygen atoms in total. The van der Waals surface area contributed by atoms with E-state index in [0.717, 1.165) is 6.07 Å². The first-order valence-corrected chi connectivity index (χ1v) is 6.10. The van der Waals surface area contributed by atoms with Gasteiger partial charge in [-0.15, -0.1) is 0 Å². The number of carbonyl (C=O) groups excluding carboxylic acids is 1. The van der Waals surface area contributed by atoms with Crippen LogP contribution >= 0.6 is 11.6 Å². The van der Waals surface area contributed by atoms with E-state index in [4.69, 9.17) is 22.6 Å². The molecule has 0 bridgehead atoms. The molecule has 0 aliphatic carbocycles. The molecular weight excluding hydrogens is 297 g/mol. The van der Waals surface area contributed by atoms with Crippen LogP contribution in [-0.2, 0) is 4.74 Å². The van der Waals surface area contributed by atoms with Crippen LogP contribution in [0.15, 0.2) is 24.3 Å². The van der Waals surface area contributed by atoms with Crippen LogP contribution in [0.2, 0.25) is 5.02 Å². The molecule has 0 spiro atoms. The van der Waals surface area contributed by atoms with Crippen LogP contribution in [0, 0.1) is 17.1 Å². The summed E-state index contributed by atoms with van der Waals surface area (Å²) >= 11 is 5.89. The minimum absolute atomic E-state index is 0.0559. The lowest BCUT2D eigenvalue weighted by Gasteiger charge is -2.09. The summed E-state index contributed by atoms with van der Waals surface area (Å²) in [5, 5.41) is 8.67. The van der Waals surface area contributed by atoms with Gasteiger partial charge in [0, 0.05) is 5.56 Å². The highest BCUT2D eigenvalue weighted by atomic mass is 35.5. The molecule has 0 unspecified atom stereocenters. The zero-order valence-electron chi connectivity index (χ0n) is 10.9. The number of anilines is 1. The number of benzene rings is 1. The zero-order valence-corrected chi connectivity index (χ0v) is 11.6. The molecule has 0 saturated carbocycles. The molecule has 2 rings (SSSR count). The topological polar surface area (TPSA) is 89.0 Å². The summed E-state index contributed by atoms with van der Waals surface area (Å²) in [5.41, 5.74) is 5.98. The second kappa shape index (κ2) is 5.77. The van der Waals surface area contributed by atoms with Crippen molar-refractivity contribution in [3.05, 3.63) is 46.4 Å². The Bertz CT molecular complexity index is 772. The van der Waals surface area contributed by atoms with Crippen molar-refractivity contribution in [3.63, 3.8) is 0 Å². The van der Waals surface area contributed by atoms with Crippen LogP contribution in [0.5, 0.6) is 0 Å². The maximum Gasteiger partial charge on any atom is 0.358 e. The fourth-order valence-corrected chi connectivity index (χ4v) is 1.89. The molecule has 2 aromatic rings. The lowest BCUT2D eigenvalue weighted by molar-refractivity contribution is 0.0594. The number of hydrogen-bond acceptors (Lipinski definition) is 5. The first-order chi connectivity index (χ1) is 9.97. The van der Waals surface area contributed by atoms with Crippen molar-refractivity contribution < 1.29 is 13.9 Å². The number of methoxy groups -OCH3 is 1. The number of nitrogens with two attached hydrogens (primary N) is 1. The molecule has 2 N–H and O–H groups in total. The molecular formula is C14H9ClFN3O2. The van der Waals surface area contributed by atoms with Crippen molar-refractivity contribution in [1.82, 2.24) is 4.98 Å². The maximum atomic E-state index is 14.0. The number of aromatic nitrogens is 1. The zero-order chi connectivity index (χ0) is 15.6. The van der Waals surface area contributed by atoms with Crippen LogP contribution in [0.4, 0.5) is 10.1 Å². The summed E-state index contributed by atoms with van der Waals surface area (Å²) in [6.07, 6.45) is 0. The van der Waals surface area contributed by atoms with E-state index in [9.17, 15) is 9.18 Å². The average Bonchev–Trinajstić information content (AvgIpc) is 2.49. The molecule has 0 aliphatic rings. The summed E-state index contributed by atoms with van der Waals surface area (Å²) in [4.78, 5) is 15.6. The van der Waals surface area contributed by atoms with E-state index in [-0.39, 0.29) is 33.2 Å². The van der Waals surface area contributed by atoms with Gasteiger partial charge in [0.25, 0.3) is 0 Å². The minimum Gasteiger partial charge on any atom is -0.464 e. The number of carbonyl (C=O) groups is 1. The third-order valence-electron chi connectivity index (χ3n) is 2.74. The summed E-state index contributed by atoms with van der Waals surface area (Å²) in [6.45, 7) is 0. The largest absolute Gasteiger partial charge is 0.464 e. The van der Waals surface area contributed by atoms with Gasteiger partial charge in [0.05, 0.1) is 35.1 Å². The number of hydrogen-bond donors (Lipinski definition) is 1. The van der Waals surface area contributed by atoms with Crippen molar-refractivity contribution in [2.24, 2.45) is 0 Å². The molecule has 1 aromatic heterocycles. The molecule has 0 saturated heterocycles. The normalized spacial score (nSPS) is 10.0. The standard InChI is InChI=1S/C14H9ClFN3O2/c1-21-14(20)13-12(15)10(18)5-11(19-13)8-3-2-7(6-17)4-9(8)16/h2-5H,1H3,(H2,18,19). The van der Waals surface area contributed by atoms with Crippen LogP contribution in [0.1, 0.15) is 16.1 Å². The number of nitrogen functional groups attached to an aromatic ring is 1. The number of ether oxygens (including phenoxy) is 1. The second-order valence-corrected chi connectivity index (χ2v) is 4.44. The number of nitriles is 1. The molecule has 0 aliphatic heterocycles. The first kappa shape index (κ1) is 14.8. The van der Waals surface area contributed by atoms with Gasteiger partial charge in [0.15, 0.2) is 5.69 Å². The maximum absolute atomic E-state index is 14.0. The van der Waals surface area contributed by atoms with E-state index < -0.39 is 11.8 Å². The molecule has 0 fully saturated rings. The summed E-state index contributed by atoms with van der Waals surface area (Å²) < 4.78 is 18.5. The fraction of sp³-hybridized carbons (Fsp3) is 0.0714. The Morgan fingerprint density at radius 1 is 1.48 bits per heavy atom. The van der Waals surface area contributed by atoms with Gasteiger partial charge < -0.3 is 10.5 Å². The van der Waals surface area contributed by atoms with E-state index in [2.05, 4.69) is 9.72 Å². The quantitative estimate of drug-likeness (QED) is 0.862. The van der Waals surface area contributed by atoms with Crippen molar-refractivity contribution >= 4 is 23.3 Å². The highest BCUT2D eigenvalue weighted by Gasteiger charge is 2.18. The van der Waals surface area contributed by atoms with E-state index in [1.807, 2.05) is 6.07 Å². The smallest absolute Gasteiger partial charge is 0.358 e. The highest BCUT2D eigenvalue weighted by molar-refractivity contribution is 6.35. The molecule has 1 heterocycles. The monoisotopic (exact) mass is 305 g/mol. The number of rotatable bonds is 2. The van der Waals surface area contributed by atoms with E-state index in [1.54, 1.807) is 0 Å². The lowest BCUT2D eigenvalue weighted by Crippen LogP contribution is -2.08. The van der Waals surface area contributed by atoms with Gasteiger partial charge in [-0.3, -0.25) is 0 Å². The molecule has 106 valence electrons. The minimum atomic E-state index is -0.775. The summed E-state index contributed by atoms with van der Waals surface area (Å²) in [7, 11) is 1.17. The molecule has 0 radical (unpaired) electrons. The Morgan fingerprint density at radius 2 is 2.19 bits per heavy atom. The van der Waals surface area contributed by atoms with Crippen LogP contribution in [0.25, 0.3) is 11.3 Å². The fourth-order valence-electron chi connectivity index (χ4n) is 1.71. The van der Waals surface area contributed by atoms with Gasteiger partial charge in [-0.1, -0.05) is 11.6 Å². The SMILES string of the molecule is COC(=O)c1nc(-c2ccc(C#N)cc2F)cc(N)c1Cl. The van der Waals surface area contributed by atoms with Crippen molar-refractivity contribution in [1.29, 1.82) is 5.26 Å². The predicted octanol–water partition coefficient (Wildman–Crippen LogP) is 2.78. The molecule has 0 amide bonds. The Labute approximate surface area is 124 Å². The van der Waals surface area contributed by atoms with Crippen molar-refractivity contribution in [3.8, 4) is 17.3 Å². The number of esters is 1. The molecule has 7 heteroatoms. The van der Waals surface area contributed by atoms with Gasteiger partial charge in [0.1, 0.15) is 5.82 Å². The van der Waals surface area contributed by atoms with Crippen LogP contribution < -0.4 is 5.73 Å². The van der Waals surface area contributed by atoms with E-state index in [1.165, 1.54) is 25.3 Å². The van der Waals surface area contributed by atoms with Gasteiger partial charge in [-0.25, -0.2) is 14.2 Å². The van der Waals surface area contributed by atoms with E-state index in [0.29, 0.717) is 0 Å². The third kappa shape index (κ3) is 2.78. The van der Waals surface area contributed by atoms with Crippen molar-refractivity contribution in [2.75, 3.05) is 12.8 Å². The van der Waals surface area contributed by atoms with Gasteiger partial charge >= 0.3 is 5.97 Å². The van der Waals surface area contributed by atoms with Gasteiger partial charge in [-0.2, -0.15) is 5.26 Å². The average molecular weight is 306 g/mol. The molecule has 1 aromatic carbocycles. The second-order valence-electron chi connectivity index (χ2n) is 4.06. The van der Waals surface area contributed by atoms with Crippen LogP contribution in [-0.4, -0.2) is 18.1 Å². The first-order valence-electron chi connectivity index (χ1n) is 5.72. The number of nitrogens with zero attached hydrogens (tertiary/aromatic N) is 2. The van der Waals surface area contributed by atoms with Crippen LogP contribution in [0.3, 0.4) is 0 Å². The lowest BCUT2D eigenvalue weighted by atomic mass is 10.1. The summed E-state index contributed by atoms with van der Waals surface area (Å²) in [5.74, 6) is -1.43. The Kier molecular flexibility index (Phi) is 4.05. The Morgan fingerprint density at radius 3 is 2.76 bits per heavy atom. The third-order valence-corrected chi connectivity index (χ3v) is 3.14. The Balaban J connectivity index is 2.63. The predicted molar refractivity (Wildman–Crippen MR) is 75.1 cm³/mol. The number of pyridine rings is 1. The highest BCUT2D eigenvalue weighted by Crippen LogP contribution is 2.30. The number of halogens is 2. The molecule has 21 heavy (non-hydrogen) atoms. The van der Waals surface area contributed by atoms with Gasteiger partial charge in [-0.05, 0) is 24.3 Å². The Hall–Kier alpha value is -2.65. The van der Waals surface area contributed by atoms with Crippen molar-refractivity contribution in [2.45, 2.75) is 0 Å². The van der Waals surface area contributed by atoms with Gasteiger partial charge in [0.2, 0.25) is 0 Å².